The number of rotatable bonds is 8. The minimum atomic E-state index is 0.0392. The molecule has 0 rings (SSSR count). The highest BCUT2D eigenvalue weighted by atomic mass is 14.4. The van der Waals surface area contributed by atoms with Crippen LogP contribution in [0.5, 0.6) is 0 Å². The van der Waals surface area contributed by atoms with Crippen LogP contribution in [0.3, 0.4) is 0 Å². The average molecular weight is 403 g/mol. The summed E-state index contributed by atoms with van der Waals surface area (Å²) >= 11 is 0. The van der Waals surface area contributed by atoms with E-state index in [1.807, 2.05) is 0 Å². The van der Waals surface area contributed by atoms with Crippen molar-refractivity contribution in [1.82, 2.24) is 0 Å². The standard InChI is InChI=1S/C29H54/c1-17-20(4)21(5)23(26(7,8)9)25(29(15,16)19-3)24(27(10,11)12)22(6)28(13,14)18-2/h20H,6,17-19H2,1-5,7-16H3/b23-21+,25-24-. The van der Waals surface area contributed by atoms with Gasteiger partial charge in [0.1, 0.15) is 0 Å². The first-order valence-corrected chi connectivity index (χ1v) is 12.0. The van der Waals surface area contributed by atoms with E-state index in [9.17, 15) is 0 Å². The summed E-state index contributed by atoms with van der Waals surface area (Å²) in [4.78, 5) is 0. The second-order valence-corrected chi connectivity index (χ2v) is 12.6. The predicted molar refractivity (Wildman–Crippen MR) is 135 cm³/mol. The van der Waals surface area contributed by atoms with Crippen LogP contribution in [0.1, 0.15) is 123 Å². The molecule has 1 unspecified atom stereocenters. The van der Waals surface area contributed by atoms with Gasteiger partial charge < -0.3 is 0 Å². The van der Waals surface area contributed by atoms with Gasteiger partial charge in [0.05, 0.1) is 0 Å². The molecule has 0 spiro atoms. The van der Waals surface area contributed by atoms with E-state index in [4.69, 9.17) is 6.58 Å². The van der Waals surface area contributed by atoms with Crippen molar-refractivity contribution >= 4 is 0 Å². The quantitative estimate of drug-likeness (QED) is 0.354. The summed E-state index contributed by atoms with van der Waals surface area (Å²) in [6.07, 6.45) is 3.40. The third-order valence-electron chi connectivity index (χ3n) is 7.31. The molecule has 0 radical (unpaired) electrons. The lowest BCUT2D eigenvalue weighted by Crippen LogP contribution is -2.31. The molecule has 0 aromatic rings. The van der Waals surface area contributed by atoms with Crippen LogP contribution in [0.15, 0.2) is 34.4 Å². The molecule has 0 nitrogen and oxygen atoms in total. The van der Waals surface area contributed by atoms with Gasteiger partial charge in [-0.2, -0.15) is 0 Å². The number of hydrogen-bond donors (Lipinski definition) is 0. The lowest BCUT2D eigenvalue weighted by Gasteiger charge is -2.44. The molecule has 170 valence electrons. The third-order valence-corrected chi connectivity index (χ3v) is 7.31. The maximum absolute atomic E-state index is 4.74. The van der Waals surface area contributed by atoms with Gasteiger partial charge in [-0.15, -0.1) is 0 Å². The lowest BCUT2D eigenvalue weighted by atomic mass is 9.60. The third kappa shape index (κ3) is 6.60. The van der Waals surface area contributed by atoms with Crippen molar-refractivity contribution < 1.29 is 0 Å². The molecule has 29 heavy (non-hydrogen) atoms. The van der Waals surface area contributed by atoms with Gasteiger partial charge in [-0.05, 0) is 76.1 Å². The van der Waals surface area contributed by atoms with E-state index in [1.165, 1.54) is 17.6 Å². The minimum Gasteiger partial charge on any atom is -0.0950 e. The molecule has 0 bridgehead atoms. The smallest absolute Gasteiger partial charge is 0.0100 e. The van der Waals surface area contributed by atoms with E-state index in [0.29, 0.717) is 5.92 Å². The fraction of sp³-hybridized carbons (Fsp3) is 0.793. The van der Waals surface area contributed by atoms with Crippen molar-refractivity contribution in [3.8, 4) is 0 Å². The van der Waals surface area contributed by atoms with E-state index < -0.39 is 0 Å². The Bertz CT molecular complexity index is 633. The summed E-state index contributed by atoms with van der Waals surface area (Å²) in [5.41, 5.74) is 7.80. The van der Waals surface area contributed by atoms with E-state index in [1.54, 1.807) is 16.7 Å². The van der Waals surface area contributed by atoms with Crippen molar-refractivity contribution in [2.45, 2.75) is 123 Å². The first-order valence-electron chi connectivity index (χ1n) is 12.0. The van der Waals surface area contributed by atoms with Crippen molar-refractivity contribution in [2.24, 2.45) is 27.6 Å². The van der Waals surface area contributed by atoms with Gasteiger partial charge in [0.25, 0.3) is 0 Å². The molecule has 0 amide bonds. The van der Waals surface area contributed by atoms with Crippen molar-refractivity contribution in [2.75, 3.05) is 0 Å². The van der Waals surface area contributed by atoms with E-state index in [-0.39, 0.29) is 21.7 Å². The van der Waals surface area contributed by atoms with Crippen LogP contribution in [-0.2, 0) is 0 Å². The fourth-order valence-electron chi connectivity index (χ4n) is 4.23. The average Bonchev–Trinajstić information content (AvgIpc) is 2.57. The predicted octanol–water partition coefficient (Wildman–Crippen LogP) is 10.2. The molecular formula is C29H54. The molecule has 0 aromatic heterocycles. The zero-order valence-electron chi connectivity index (χ0n) is 22.9. The van der Waals surface area contributed by atoms with Crippen LogP contribution in [0, 0.1) is 27.6 Å². The van der Waals surface area contributed by atoms with Crippen LogP contribution < -0.4 is 0 Å². The van der Waals surface area contributed by atoms with Gasteiger partial charge in [0.15, 0.2) is 0 Å². The van der Waals surface area contributed by atoms with E-state index in [2.05, 4.69) is 104 Å². The van der Waals surface area contributed by atoms with E-state index in [0.717, 1.165) is 12.8 Å². The Hall–Kier alpha value is -0.780. The summed E-state index contributed by atoms with van der Waals surface area (Å²) < 4.78 is 0. The largest absolute Gasteiger partial charge is 0.0950 e. The summed E-state index contributed by atoms with van der Waals surface area (Å²) in [7, 11) is 0. The molecule has 0 saturated carbocycles. The monoisotopic (exact) mass is 402 g/mol. The van der Waals surface area contributed by atoms with E-state index >= 15 is 0 Å². The molecule has 0 aliphatic heterocycles. The summed E-state index contributed by atoms with van der Waals surface area (Å²) in [5.74, 6) is 0.584. The van der Waals surface area contributed by atoms with Gasteiger partial charge in [-0.1, -0.05) is 109 Å². The Kier molecular flexibility index (Phi) is 9.31. The highest BCUT2D eigenvalue weighted by Gasteiger charge is 2.40. The molecule has 1 atom stereocenters. The minimum absolute atomic E-state index is 0.0392. The van der Waals surface area contributed by atoms with Crippen molar-refractivity contribution in [1.29, 1.82) is 0 Å². The fourth-order valence-corrected chi connectivity index (χ4v) is 4.23. The molecule has 0 aliphatic rings. The summed E-state index contributed by atoms with van der Waals surface area (Å²) in [5, 5.41) is 0. The molecule has 0 fully saturated rings. The summed E-state index contributed by atoms with van der Waals surface area (Å²) in [6, 6.07) is 0. The van der Waals surface area contributed by atoms with Crippen molar-refractivity contribution in [3.63, 3.8) is 0 Å². The first kappa shape index (κ1) is 28.2. The second-order valence-electron chi connectivity index (χ2n) is 12.6. The Morgan fingerprint density at radius 3 is 1.31 bits per heavy atom. The second kappa shape index (κ2) is 9.57. The topological polar surface area (TPSA) is 0 Å². The normalized spacial score (nSPS) is 16.9. The number of allylic oxidation sites excluding steroid dienone is 5. The zero-order chi connectivity index (χ0) is 23.6. The molecule has 0 heteroatoms. The van der Waals surface area contributed by atoms with Crippen LogP contribution in [0.25, 0.3) is 0 Å². The number of hydrogen-bond acceptors (Lipinski definition) is 0. The van der Waals surface area contributed by atoms with Crippen LogP contribution in [-0.4, -0.2) is 0 Å². The Morgan fingerprint density at radius 1 is 0.655 bits per heavy atom. The molecule has 0 aliphatic carbocycles. The molecule has 0 aromatic carbocycles. The van der Waals surface area contributed by atoms with Crippen LogP contribution >= 0.6 is 0 Å². The summed E-state index contributed by atoms with van der Waals surface area (Å²) in [6.45, 7) is 40.4. The molecule has 0 saturated heterocycles. The highest BCUT2D eigenvalue weighted by molar-refractivity contribution is 5.54. The van der Waals surface area contributed by atoms with Crippen LogP contribution in [0.4, 0.5) is 0 Å². The maximum Gasteiger partial charge on any atom is -0.0100 e. The van der Waals surface area contributed by atoms with Gasteiger partial charge in [-0.3, -0.25) is 0 Å². The molecule has 0 N–H and O–H groups in total. The SMILES string of the molecule is C=C(/C(=C(\C(=C(\C)C(C)CC)C(C)(C)C)C(C)(C)CC)C(C)(C)C)C(C)(C)CC. The van der Waals surface area contributed by atoms with Gasteiger partial charge in [0, 0.05) is 0 Å². The van der Waals surface area contributed by atoms with Gasteiger partial charge in [-0.25, -0.2) is 0 Å². The molecule has 0 heterocycles. The molecular weight excluding hydrogens is 348 g/mol. The Labute approximate surface area is 185 Å². The van der Waals surface area contributed by atoms with Crippen molar-refractivity contribution in [3.05, 3.63) is 34.4 Å². The lowest BCUT2D eigenvalue weighted by molar-refractivity contribution is 0.359. The zero-order valence-corrected chi connectivity index (χ0v) is 22.9. The van der Waals surface area contributed by atoms with Crippen LogP contribution in [0.2, 0.25) is 0 Å². The Balaban J connectivity index is 7.78. The maximum atomic E-state index is 4.74. The highest BCUT2D eigenvalue weighted by Crippen LogP contribution is 2.53. The first-order chi connectivity index (χ1) is 12.8. The van der Waals surface area contributed by atoms with Gasteiger partial charge in [0.2, 0.25) is 0 Å². The van der Waals surface area contributed by atoms with Gasteiger partial charge >= 0.3 is 0 Å². The Morgan fingerprint density at radius 2 is 1.03 bits per heavy atom.